The Morgan fingerprint density at radius 2 is 1.96 bits per heavy atom. The van der Waals surface area contributed by atoms with Gasteiger partial charge < -0.3 is 9.32 Å². The SMILES string of the molecule is O=C1N=C(N2CCCC2)S/C1=C/c1ccc(-c2ccccc2[N+](=O)[O-])o1. The predicted octanol–water partition coefficient (Wildman–Crippen LogP) is 3.92. The number of furan rings is 1. The molecule has 0 spiro atoms. The Morgan fingerprint density at radius 1 is 1.19 bits per heavy atom. The molecular weight excluding hydrogens is 354 g/mol. The average molecular weight is 369 g/mol. The molecule has 1 fully saturated rings. The molecule has 2 aliphatic heterocycles. The molecule has 0 unspecified atom stereocenters. The molecule has 3 heterocycles. The number of nitro groups is 1. The molecular formula is C18H15N3O4S. The summed E-state index contributed by atoms with van der Waals surface area (Å²) in [5.74, 6) is 0.577. The first-order valence-electron chi connectivity index (χ1n) is 8.23. The Labute approximate surface area is 153 Å². The maximum Gasteiger partial charge on any atom is 0.286 e. The number of nitro benzene ring substituents is 1. The van der Waals surface area contributed by atoms with Gasteiger partial charge in [0, 0.05) is 25.2 Å². The van der Waals surface area contributed by atoms with E-state index in [1.165, 1.54) is 17.8 Å². The lowest BCUT2D eigenvalue weighted by atomic mass is 10.1. The van der Waals surface area contributed by atoms with Crippen molar-refractivity contribution in [2.24, 2.45) is 4.99 Å². The van der Waals surface area contributed by atoms with Crippen molar-refractivity contribution in [2.45, 2.75) is 12.8 Å². The van der Waals surface area contributed by atoms with Crippen LogP contribution in [0.1, 0.15) is 18.6 Å². The molecule has 1 amide bonds. The summed E-state index contributed by atoms with van der Waals surface area (Å²) in [6, 6.07) is 9.76. The predicted molar refractivity (Wildman–Crippen MR) is 99.6 cm³/mol. The lowest BCUT2D eigenvalue weighted by molar-refractivity contribution is -0.384. The van der Waals surface area contributed by atoms with Crippen molar-refractivity contribution in [1.82, 2.24) is 4.90 Å². The molecule has 26 heavy (non-hydrogen) atoms. The van der Waals surface area contributed by atoms with Crippen molar-refractivity contribution in [3.63, 3.8) is 0 Å². The molecule has 1 saturated heterocycles. The quantitative estimate of drug-likeness (QED) is 0.463. The van der Waals surface area contributed by atoms with E-state index in [0.29, 0.717) is 22.0 Å². The van der Waals surface area contributed by atoms with Gasteiger partial charge >= 0.3 is 0 Å². The summed E-state index contributed by atoms with van der Waals surface area (Å²) in [7, 11) is 0. The Morgan fingerprint density at radius 3 is 2.73 bits per heavy atom. The second-order valence-electron chi connectivity index (χ2n) is 5.98. The van der Waals surface area contributed by atoms with Gasteiger partial charge in [-0.2, -0.15) is 4.99 Å². The van der Waals surface area contributed by atoms with Gasteiger partial charge in [0.2, 0.25) is 0 Å². The van der Waals surface area contributed by atoms with Gasteiger partial charge in [0.15, 0.2) is 5.17 Å². The molecule has 8 heteroatoms. The van der Waals surface area contributed by atoms with Crippen molar-refractivity contribution in [3.8, 4) is 11.3 Å². The van der Waals surface area contributed by atoms with Crippen molar-refractivity contribution < 1.29 is 14.1 Å². The van der Waals surface area contributed by atoms with E-state index in [1.807, 2.05) is 0 Å². The van der Waals surface area contributed by atoms with Crippen molar-refractivity contribution in [2.75, 3.05) is 13.1 Å². The Balaban J connectivity index is 1.57. The number of likely N-dealkylation sites (tertiary alicyclic amines) is 1. The molecule has 7 nitrogen and oxygen atoms in total. The number of nitrogens with zero attached hydrogens (tertiary/aromatic N) is 3. The van der Waals surface area contributed by atoms with Crippen LogP contribution in [-0.2, 0) is 4.79 Å². The first kappa shape index (κ1) is 16.6. The van der Waals surface area contributed by atoms with Crippen molar-refractivity contribution in [1.29, 1.82) is 0 Å². The van der Waals surface area contributed by atoms with E-state index in [9.17, 15) is 14.9 Å². The summed E-state index contributed by atoms with van der Waals surface area (Å²) in [5.41, 5.74) is 0.383. The maximum atomic E-state index is 12.1. The Hall–Kier alpha value is -2.87. The highest BCUT2D eigenvalue weighted by Gasteiger charge is 2.28. The standard InChI is InChI=1S/C18H15N3O4S/c22-17-16(26-18(19-17)20-9-3-4-10-20)11-12-7-8-15(25-12)13-5-1-2-6-14(13)21(23)24/h1-2,5-8,11H,3-4,9-10H2/b16-11+. The molecule has 132 valence electrons. The average Bonchev–Trinajstić information content (AvgIpc) is 3.37. The molecule has 0 radical (unpaired) electrons. The number of para-hydroxylation sites is 1. The highest BCUT2D eigenvalue weighted by molar-refractivity contribution is 8.18. The topological polar surface area (TPSA) is 89.0 Å². The molecule has 2 aromatic rings. The molecule has 0 saturated carbocycles. The van der Waals surface area contributed by atoms with E-state index in [1.54, 1.807) is 36.4 Å². The van der Waals surface area contributed by atoms with E-state index in [-0.39, 0.29) is 11.6 Å². The maximum absolute atomic E-state index is 12.1. The summed E-state index contributed by atoms with van der Waals surface area (Å²) in [6.07, 6.45) is 3.87. The Kier molecular flexibility index (Phi) is 4.34. The summed E-state index contributed by atoms with van der Waals surface area (Å²) in [6.45, 7) is 1.85. The third-order valence-corrected chi connectivity index (χ3v) is 5.30. The van der Waals surface area contributed by atoms with Gasteiger partial charge in [-0.25, -0.2) is 0 Å². The minimum atomic E-state index is -0.442. The highest BCUT2D eigenvalue weighted by Crippen LogP contribution is 2.34. The molecule has 2 aliphatic rings. The first-order valence-corrected chi connectivity index (χ1v) is 9.04. The van der Waals surface area contributed by atoms with E-state index in [0.717, 1.165) is 31.1 Å². The summed E-state index contributed by atoms with van der Waals surface area (Å²) < 4.78 is 5.72. The van der Waals surface area contributed by atoms with Crippen LogP contribution in [0.25, 0.3) is 17.4 Å². The summed E-state index contributed by atoms with van der Waals surface area (Å²) in [4.78, 5) is 29.6. The number of hydrogen-bond acceptors (Lipinski definition) is 6. The largest absolute Gasteiger partial charge is 0.456 e. The zero-order valence-corrected chi connectivity index (χ0v) is 14.6. The van der Waals surface area contributed by atoms with Crippen molar-refractivity contribution in [3.05, 3.63) is 57.2 Å². The number of rotatable bonds is 3. The second-order valence-corrected chi connectivity index (χ2v) is 6.99. The molecule has 4 rings (SSSR count). The van der Waals surface area contributed by atoms with E-state index in [2.05, 4.69) is 9.89 Å². The number of amides is 1. The Bertz CT molecular complexity index is 941. The molecule has 1 aromatic heterocycles. The zero-order chi connectivity index (χ0) is 18.1. The number of carbonyl (C=O) groups is 1. The van der Waals surface area contributed by atoms with E-state index in [4.69, 9.17) is 4.42 Å². The number of thioether (sulfide) groups is 1. The van der Waals surface area contributed by atoms with Gasteiger partial charge in [0.1, 0.15) is 11.5 Å². The molecule has 0 aliphatic carbocycles. The van der Waals surface area contributed by atoms with Gasteiger partial charge in [-0.1, -0.05) is 12.1 Å². The van der Waals surface area contributed by atoms with Gasteiger partial charge in [-0.15, -0.1) is 0 Å². The third kappa shape index (κ3) is 3.15. The third-order valence-electron chi connectivity index (χ3n) is 4.25. The molecule has 0 bridgehead atoms. The monoisotopic (exact) mass is 369 g/mol. The van der Waals surface area contributed by atoms with Crippen LogP contribution in [0.3, 0.4) is 0 Å². The lowest BCUT2D eigenvalue weighted by Gasteiger charge is -2.14. The van der Waals surface area contributed by atoms with Gasteiger partial charge in [-0.3, -0.25) is 14.9 Å². The van der Waals surface area contributed by atoms with Crippen LogP contribution < -0.4 is 0 Å². The fourth-order valence-corrected chi connectivity index (χ4v) is 3.93. The summed E-state index contributed by atoms with van der Waals surface area (Å²) in [5, 5.41) is 11.9. The molecule has 0 atom stereocenters. The number of hydrogen-bond donors (Lipinski definition) is 0. The van der Waals surface area contributed by atoms with Crippen LogP contribution in [0.5, 0.6) is 0 Å². The van der Waals surface area contributed by atoms with Crippen LogP contribution in [-0.4, -0.2) is 34.0 Å². The van der Waals surface area contributed by atoms with Crippen LogP contribution in [0.15, 0.2) is 50.7 Å². The van der Waals surface area contributed by atoms with Crippen LogP contribution in [0, 0.1) is 10.1 Å². The van der Waals surface area contributed by atoms with Gasteiger partial charge in [-0.05, 0) is 42.8 Å². The number of carbonyl (C=O) groups excluding carboxylic acids is 1. The zero-order valence-electron chi connectivity index (χ0n) is 13.8. The van der Waals surface area contributed by atoms with Crippen molar-refractivity contribution >= 4 is 34.6 Å². The normalized spacial score (nSPS) is 18.6. The van der Waals surface area contributed by atoms with E-state index < -0.39 is 4.92 Å². The van der Waals surface area contributed by atoms with E-state index >= 15 is 0 Å². The smallest absolute Gasteiger partial charge is 0.286 e. The number of benzene rings is 1. The summed E-state index contributed by atoms with van der Waals surface area (Å²) >= 11 is 1.34. The number of amidine groups is 1. The number of aliphatic imine (C=N–C) groups is 1. The molecule has 1 aromatic carbocycles. The first-order chi connectivity index (χ1) is 12.6. The highest BCUT2D eigenvalue weighted by atomic mass is 32.2. The van der Waals surface area contributed by atoms with Crippen LogP contribution in [0.2, 0.25) is 0 Å². The molecule has 0 N–H and O–H groups in total. The van der Waals surface area contributed by atoms with Crippen LogP contribution >= 0.6 is 11.8 Å². The minimum absolute atomic E-state index is 0.0213. The fourth-order valence-electron chi connectivity index (χ4n) is 2.99. The van der Waals surface area contributed by atoms with Gasteiger partial charge in [0.25, 0.3) is 11.6 Å². The lowest BCUT2D eigenvalue weighted by Crippen LogP contribution is -2.23. The minimum Gasteiger partial charge on any atom is -0.456 e. The second kappa shape index (κ2) is 6.80. The fraction of sp³-hybridized carbons (Fsp3) is 0.222. The van der Waals surface area contributed by atoms with Crippen LogP contribution in [0.4, 0.5) is 5.69 Å². The van der Waals surface area contributed by atoms with Gasteiger partial charge in [0.05, 0.1) is 15.4 Å².